The van der Waals surface area contributed by atoms with Gasteiger partial charge < -0.3 is 5.32 Å². The topological polar surface area (TPSA) is 54.9 Å². The average Bonchev–Trinajstić information content (AvgIpc) is 3.05. The van der Waals surface area contributed by atoms with Crippen LogP contribution in [0.1, 0.15) is 16.0 Å². The van der Waals surface area contributed by atoms with Gasteiger partial charge in [0.25, 0.3) is 0 Å². The minimum atomic E-state index is -0.0399. The highest BCUT2D eigenvalue weighted by Crippen LogP contribution is 2.41. The van der Waals surface area contributed by atoms with Crippen molar-refractivity contribution in [3.05, 3.63) is 70.9 Å². The molecule has 0 unspecified atom stereocenters. The number of amides is 1. The Balaban J connectivity index is 1.59. The number of hydrogen-bond acceptors (Lipinski definition) is 5. The second-order valence-corrected chi connectivity index (χ2v) is 9.08. The molecule has 0 spiro atoms. The molecule has 4 rings (SSSR count). The van der Waals surface area contributed by atoms with E-state index in [1.54, 1.807) is 17.7 Å². The monoisotopic (exact) mass is 419 g/mol. The van der Waals surface area contributed by atoms with Gasteiger partial charge in [0.2, 0.25) is 5.91 Å². The third-order valence-corrected chi connectivity index (χ3v) is 6.69. The third kappa shape index (κ3) is 4.18. The predicted octanol–water partition coefficient (Wildman–Crippen LogP) is 6.01. The molecule has 29 heavy (non-hydrogen) atoms. The number of thioether (sulfide) groups is 1. The number of fused-ring (bicyclic) bond motifs is 1. The summed E-state index contributed by atoms with van der Waals surface area (Å²) in [6.45, 7) is 6.15. The molecule has 0 radical (unpaired) electrons. The zero-order valence-corrected chi connectivity index (χ0v) is 18.2. The van der Waals surface area contributed by atoms with Crippen molar-refractivity contribution in [1.82, 2.24) is 9.97 Å². The van der Waals surface area contributed by atoms with Gasteiger partial charge in [-0.3, -0.25) is 4.79 Å². The van der Waals surface area contributed by atoms with Crippen LogP contribution in [0, 0.1) is 20.8 Å². The Labute approximate surface area is 178 Å². The van der Waals surface area contributed by atoms with Gasteiger partial charge in [-0.25, -0.2) is 9.97 Å². The second-order valence-electron chi connectivity index (χ2n) is 6.91. The van der Waals surface area contributed by atoms with Crippen LogP contribution >= 0.6 is 23.1 Å². The van der Waals surface area contributed by atoms with Crippen molar-refractivity contribution < 1.29 is 4.79 Å². The second kappa shape index (κ2) is 8.35. The average molecular weight is 420 g/mol. The Hall–Kier alpha value is -2.70. The molecule has 1 amide bonds. The Kier molecular flexibility index (Phi) is 5.65. The molecule has 1 N–H and O–H groups in total. The fourth-order valence-electron chi connectivity index (χ4n) is 3.35. The van der Waals surface area contributed by atoms with Gasteiger partial charge in [-0.15, -0.1) is 11.3 Å². The van der Waals surface area contributed by atoms with Crippen LogP contribution in [0.5, 0.6) is 0 Å². The summed E-state index contributed by atoms with van der Waals surface area (Å²) in [6, 6.07) is 16.3. The first kappa shape index (κ1) is 19.6. The van der Waals surface area contributed by atoms with Crippen molar-refractivity contribution in [3.63, 3.8) is 0 Å². The number of nitrogens with zero attached hydrogens (tertiary/aromatic N) is 2. The normalized spacial score (nSPS) is 11.0. The summed E-state index contributed by atoms with van der Waals surface area (Å²) in [5.74, 6) is 0.254. The number of anilines is 1. The fourth-order valence-corrected chi connectivity index (χ4v) is 5.24. The van der Waals surface area contributed by atoms with Gasteiger partial charge in [-0.05, 0) is 38.0 Å². The van der Waals surface area contributed by atoms with Crippen molar-refractivity contribution in [2.24, 2.45) is 0 Å². The Morgan fingerprint density at radius 1 is 1.07 bits per heavy atom. The first-order valence-electron chi connectivity index (χ1n) is 9.32. The molecular formula is C23H21N3OS2. The van der Waals surface area contributed by atoms with Gasteiger partial charge in [-0.1, -0.05) is 59.8 Å². The van der Waals surface area contributed by atoms with E-state index in [0.29, 0.717) is 5.75 Å². The fraction of sp³-hybridized carbons (Fsp3) is 0.174. The molecule has 0 atom stereocenters. The SMILES string of the molecule is Cc1ccc(NC(=O)CSc2ncnc3sc(C)c(-c4ccccc4)c23)c(C)c1. The van der Waals surface area contributed by atoms with E-state index >= 15 is 0 Å². The molecule has 0 bridgehead atoms. The maximum absolute atomic E-state index is 12.5. The molecular weight excluding hydrogens is 398 g/mol. The van der Waals surface area contributed by atoms with Gasteiger partial charge in [0, 0.05) is 16.1 Å². The number of aryl methyl sites for hydroxylation is 3. The van der Waals surface area contributed by atoms with Crippen molar-refractivity contribution in [3.8, 4) is 11.1 Å². The van der Waals surface area contributed by atoms with Crippen LogP contribution in [0.25, 0.3) is 21.3 Å². The minimum absolute atomic E-state index is 0.0399. The standard InChI is InChI=1S/C23H21N3OS2/c1-14-9-10-18(15(2)11-14)26-19(27)12-28-22-21-20(17-7-5-4-6-8-17)16(3)29-23(21)25-13-24-22/h4-11,13H,12H2,1-3H3,(H,26,27). The van der Waals surface area contributed by atoms with Crippen molar-refractivity contribution >= 4 is 44.9 Å². The van der Waals surface area contributed by atoms with Crippen molar-refractivity contribution in [2.45, 2.75) is 25.8 Å². The van der Waals surface area contributed by atoms with E-state index < -0.39 is 0 Å². The number of nitrogens with one attached hydrogen (secondary N) is 1. The maximum Gasteiger partial charge on any atom is 0.234 e. The van der Waals surface area contributed by atoms with Gasteiger partial charge in [0.1, 0.15) is 16.2 Å². The van der Waals surface area contributed by atoms with E-state index in [0.717, 1.165) is 37.6 Å². The summed E-state index contributed by atoms with van der Waals surface area (Å²) in [6.07, 6.45) is 1.58. The number of rotatable bonds is 5. The van der Waals surface area contributed by atoms with Gasteiger partial charge >= 0.3 is 0 Å². The number of aromatic nitrogens is 2. The number of benzene rings is 2. The third-order valence-electron chi connectivity index (χ3n) is 4.69. The molecule has 0 aliphatic heterocycles. The Bertz CT molecular complexity index is 1190. The zero-order chi connectivity index (χ0) is 20.4. The lowest BCUT2D eigenvalue weighted by Crippen LogP contribution is -2.15. The lowest BCUT2D eigenvalue weighted by Gasteiger charge is -2.09. The van der Waals surface area contributed by atoms with E-state index in [-0.39, 0.29) is 5.91 Å². The van der Waals surface area contributed by atoms with Crippen LogP contribution in [-0.4, -0.2) is 21.6 Å². The van der Waals surface area contributed by atoms with Crippen LogP contribution in [0.3, 0.4) is 0 Å². The highest BCUT2D eigenvalue weighted by Gasteiger charge is 2.17. The predicted molar refractivity (Wildman–Crippen MR) is 123 cm³/mol. The molecule has 0 aliphatic carbocycles. The van der Waals surface area contributed by atoms with Gasteiger partial charge in [-0.2, -0.15) is 0 Å². The molecule has 0 saturated heterocycles. The van der Waals surface area contributed by atoms with Crippen LogP contribution < -0.4 is 5.32 Å². The summed E-state index contributed by atoms with van der Waals surface area (Å²) < 4.78 is 0. The summed E-state index contributed by atoms with van der Waals surface area (Å²) >= 11 is 3.11. The maximum atomic E-state index is 12.5. The molecule has 4 nitrogen and oxygen atoms in total. The minimum Gasteiger partial charge on any atom is -0.325 e. The van der Waals surface area contributed by atoms with E-state index in [4.69, 9.17) is 0 Å². The highest BCUT2D eigenvalue weighted by atomic mass is 32.2. The summed E-state index contributed by atoms with van der Waals surface area (Å²) in [4.78, 5) is 23.7. The molecule has 2 aromatic carbocycles. The van der Waals surface area contributed by atoms with Gasteiger partial charge in [0.05, 0.1) is 11.1 Å². The van der Waals surface area contributed by atoms with Crippen molar-refractivity contribution in [1.29, 1.82) is 0 Å². The van der Waals surface area contributed by atoms with E-state index in [1.165, 1.54) is 22.2 Å². The summed E-state index contributed by atoms with van der Waals surface area (Å²) in [7, 11) is 0. The van der Waals surface area contributed by atoms with Crippen LogP contribution in [0.15, 0.2) is 59.9 Å². The summed E-state index contributed by atoms with van der Waals surface area (Å²) in [5, 5.41) is 4.88. The zero-order valence-electron chi connectivity index (χ0n) is 16.5. The first-order chi connectivity index (χ1) is 14.0. The Morgan fingerprint density at radius 2 is 1.86 bits per heavy atom. The molecule has 0 fully saturated rings. The number of carbonyl (C=O) groups excluding carboxylic acids is 1. The molecule has 0 saturated carbocycles. The smallest absolute Gasteiger partial charge is 0.234 e. The summed E-state index contributed by atoms with van der Waals surface area (Å²) in [5.41, 5.74) is 5.40. The van der Waals surface area contributed by atoms with Crippen LogP contribution in [0.2, 0.25) is 0 Å². The molecule has 2 aromatic heterocycles. The van der Waals surface area contributed by atoms with Crippen molar-refractivity contribution in [2.75, 3.05) is 11.1 Å². The highest BCUT2D eigenvalue weighted by molar-refractivity contribution is 8.00. The molecule has 0 aliphatic rings. The first-order valence-corrected chi connectivity index (χ1v) is 11.1. The lowest BCUT2D eigenvalue weighted by atomic mass is 10.0. The van der Waals surface area contributed by atoms with E-state index in [9.17, 15) is 4.79 Å². The number of thiophene rings is 1. The molecule has 2 heterocycles. The molecule has 4 aromatic rings. The van der Waals surface area contributed by atoms with Gasteiger partial charge in [0.15, 0.2) is 0 Å². The van der Waals surface area contributed by atoms with Crippen LogP contribution in [-0.2, 0) is 4.79 Å². The number of hydrogen-bond donors (Lipinski definition) is 1. The largest absolute Gasteiger partial charge is 0.325 e. The quantitative estimate of drug-likeness (QED) is 0.318. The lowest BCUT2D eigenvalue weighted by molar-refractivity contribution is -0.113. The van der Waals surface area contributed by atoms with E-state index in [1.807, 2.05) is 44.2 Å². The van der Waals surface area contributed by atoms with E-state index in [2.05, 4.69) is 40.4 Å². The molecule has 146 valence electrons. The van der Waals surface area contributed by atoms with Crippen LogP contribution in [0.4, 0.5) is 5.69 Å². The molecule has 6 heteroatoms. The number of carbonyl (C=O) groups is 1. The Morgan fingerprint density at radius 3 is 2.62 bits per heavy atom.